The number of guanidine groups is 1. The van der Waals surface area contributed by atoms with Crippen LogP contribution in [0.5, 0.6) is 0 Å². The van der Waals surface area contributed by atoms with Crippen molar-refractivity contribution in [3.63, 3.8) is 0 Å². The first-order valence-corrected chi connectivity index (χ1v) is 3.16. The van der Waals surface area contributed by atoms with Crippen molar-refractivity contribution in [1.82, 2.24) is 4.90 Å². The van der Waals surface area contributed by atoms with Crippen molar-refractivity contribution in [1.29, 1.82) is 0 Å². The van der Waals surface area contributed by atoms with E-state index in [-0.39, 0.29) is 5.88 Å². The third kappa shape index (κ3) is 1.70. The molecule has 1 heterocycles. The Morgan fingerprint density at radius 1 is 1.91 bits per heavy atom. The molecule has 0 aromatic carbocycles. The number of nitrogens with two attached hydrogens (primary N) is 1. The maximum Gasteiger partial charge on any atom is 0.209 e. The first kappa shape index (κ1) is 7.59. The summed E-state index contributed by atoms with van der Waals surface area (Å²) in [5.41, 5.74) is 5.47. The first-order valence-electron chi connectivity index (χ1n) is 3.16. The Balaban J connectivity index is 2.63. The van der Waals surface area contributed by atoms with Gasteiger partial charge in [0.05, 0.1) is 6.54 Å². The lowest BCUT2D eigenvalue weighted by molar-refractivity contribution is 0.396. The molecule has 0 unspecified atom stereocenters. The molecule has 1 aliphatic heterocycles. The number of aliphatic imine (C=N–C) groups is 2. The van der Waals surface area contributed by atoms with Gasteiger partial charge in [-0.1, -0.05) is 0 Å². The van der Waals surface area contributed by atoms with Gasteiger partial charge >= 0.3 is 0 Å². The van der Waals surface area contributed by atoms with Crippen molar-refractivity contribution in [2.45, 2.75) is 0 Å². The molecule has 1 aliphatic rings. The molecule has 0 atom stereocenters. The van der Waals surface area contributed by atoms with Crippen LogP contribution in [0.25, 0.3) is 0 Å². The van der Waals surface area contributed by atoms with E-state index in [0.29, 0.717) is 12.5 Å². The molecule has 0 bridgehead atoms. The summed E-state index contributed by atoms with van der Waals surface area (Å²) < 4.78 is 0. The van der Waals surface area contributed by atoms with Gasteiger partial charge in [-0.05, 0) is 6.08 Å². The molecule has 5 heteroatoms. The molecule has 0 aliphatic carbocycles. The lowest BCUT2D eigenvalue weighted by Gasteiger charge is -2.17. The van der Waals surface area contributed by atoms with Gasteiger partial charge in [0.2, 0.25) is 5.88 Å². The molecule has 5 nitrogen and oxygen atoms in total. The number of aliphatic hydroxyl groups excluding tert-OH is 1. The van der Waals surface area contributed by atoms with Crippen molar-refractivity contribution >= 4 is 12.3 Å². The Labute approximate surface area is 64.6 Å². The van der Waals surface area contributed by atoms with E-state index in [1.54, 1.807) is 18.0 Å². The van der Waals surface area contributed by atoms with Crippen molar-refractivity contribution in [3.8, 4) is 0 Å². The Morgan fingerprint density at radius 2 is 2.64 bits per heavy atom. The predicted molar refractivity (Wildman–Crippen MR) is 43.5 cm³/mol. The van der Waals surface area contributed by atoms with Crippen LogP contribution < -0.4 is 5.73 Å². The zero-order valence-electron chi connectivity index (χ0n) is 6.23. The van der Waals surface area contributed by atoms with Gasteiger partial charge in [-0.25, -0.2) is 4.99 Å². The highest BCUT2D eigenvalue weighted by molar-refractivity contribution is 5.89. The summed E-state index contributed by atoms with van der Waals surface area (Å²) in [4.78, 5) is 9.02. The fourth-order valence-corrected chi connectivity index (χ4v) is 0.690. The summed E-state index contributed by atoms with van der Waals surface area (Å²) in [5.74, 6) is 0.405. The van der Waals surface area contributed by atoms with E-state index < -0.39 is 0 Å². The maximum absolute atomic E-state index is 8.84. The summed E-state index contributed by atoms with van der Waals surface area (Å²) >= 11 is 0. The molecule has 0 saturated carbocycles. The number of aliphatic hydroxyl groups is 1. The monoisotopic (exact) mass is 154 g/mol. The van der Waals surface area contributed by atoms with Crippen LogP contribution in [0.15, 0.2) is 21.9 Å². The lowest BCUT2D eigenvalue weighted by Crippen LogP contribution is -2.37. The summed E-state index contributed by atoms with van der Waals surface area (Å²) in [6, 6.07) is 0. The highest BCUT2D eigenvalue weighted by Crippen LogP contribution is 1.98. The summed E-state index contributed by atoms with van der Waals surface area (Å²) in [6.07, 6.45) is 3.00. The van der Waals surface area contributed by atoms with Crippen molar-refractivity contribution in [3.05, 3.63) is 12.0 Å². The molecule has 3 N–H and O–H groups in total. The SMILES string of the molecule is CN=C(N)N1C=NC(O)=CC1. The zero-order chi connectivity index (χ0) is 8.27. The van der Waals surface area contributed by atoms with Crippen LogP contribution in [-0.4, -0.2) is 35.9 Å². The normalized spacial score (nSPS) is 18.5. The van der Waals surface area contributed by atoms with Crippen LogP contribution in [0.4, 0.5) is 0 Å². The van der Waals surface area contributed by atoms with E-state index in [0.717, 1.165) is 0 Å². The summed E-state index contributed by atoms with van der Waals surface area (Å²) in [6.45, 7) is 0.512. The largest absolute Gasteiger partial charge is 0.493 e. The summed E-state index contributed by atoms with van der Waals surface area (Å²) in [7, 11) is 1.60. The highest BCUT2D eigenvalue weighted by Gasteiger charge is 2.06. The van der Waals surface area contributed by atoms with E-state index in [4.69, 9.17) is 10.8 Å². The van der Waals surface area contributed by atoms with Gasteiger partial charge in [0, 0.05) is 7.05 Å². The number of hydrogen-bond acceptors (Lipinski definition) is 3. The quantitative estimate of drug-likeness (QED) is 0.370. The van der Waals surface area contributed by atoms with Crippen LogP contribution in [-0.2, 0) is 0 Å². The average Bonchev–Trinajstić information content (AvgIpc) is 2.05. The van der Waals surface area contributed by atoms with E-state index in [2.05, 4.69) is 9.98 Å². The van der Waals surface area contributed by atoms with E-state index >= 15 is 0 Å². The van der Waals surface area contributed by atoms with Gasteiger partial charge in [-0.2, -0.15) is 0 Å². The standard InChI is InChI=1S/C6H10N4O/c1-8-6(7)10-3-2-5(11)9-4-10/h2,4,11H,3H2,1H3,(H2,7,8). The fourth-order valence-electron chi connectivity index (χ4n) is 0.690. The minimum absolute atomic E-state index is 0.0187. The smallest absolute Gasteiger partial charge is 0.209 e. The third-order valence-electron chi connectivity index (χ3n) is 1.32. The molecule has 60 valence electrons. The average molecular weight is 154 g/mol. The highest BCUT2D eigenvalue weighted by atomic mass is 16.3. The minimum atomic E-state index is 0.0187. The molecule has 11 heavy (non-hydrogen) atoms. The van der Waals surface area contributed by atoms with E-state index in [1.165, 1.54) is 6.34 Å². The molecular weight excluding hydrogens is 144 g/mol. The second-order valence-corrected chi connectivity index (χ2v) is 2.04. The van der Waals surface area contributed by atoms with Gasteiger partial charge in [0.25, 0.3) is 0 Å². The lowest BCUT2D eigenvalue weighted by atomic mass is 10.5. The minimum Gasteiger partial charge on any atom is -0.493 e. The number of rotatable bonds is 0. The zero-order valence-corrected chi connectivity index (χ0v) is 6.23. The van der Waals surface area contributed by atoms with Crippen LogP contribution in [0.3, 0.4) is 0 Å². The van der Waals surface area contributed by atoms with Gasteiger partial charge in [0.15, 0.2) is 5.96 Å². The molecule has 0 amide bonds. The molecule has 0 spiro atoms. The predicted octanol–water partition coefficient (Wildman–Crippen LogP) is -0.326. The Bertz CT molecular complexity index is 231. The van der Waals surface area contributed by atoms with Crippen molar-refractivity contribution < 1.29 is 5.11 Å². The second-order valence-electron chi connectivity index (χ2n) is 2.04. The van der Waals surface area contributed by atoms with Crippen LogP contribution in [0.2, 0.25) is 0 Å². The Morgan fingerprint density at radius 3 is 3.09 bits per heavy atom. The molecular formula is C6H10N4O. The van der Waals surface area contributed by atoms with Gasteiger partial charge in [0.1, 0.15) is 6.34 Å². The fraction of sp³-hybridized carbons (Fsp3) is 0.333. The molecule has 0 saturated heterocycles. The second kappa shape index (κ2) is 3.05. The van der Waals surface area contributed by atoms with Gasteiger partial charge in [-0.15, -0.1) is 0 Å². The van der Waals surface area contributed by atoms with Crippen LogP contribution in [0.1, 0.15) is 0 Å². The molecule has 0 fully saturated rings. The summed E-state index contributed by atoms with van der Waals surface area (Å²) in [5, 5.41) is 8.84. The Kier molecular flexibility index (Phi) is 2.10. The molecule has 1 rings (SSSR count). The maximum atomic E-state index is 8.84. The first-order chi connectivity index (χ1) is 5.24. The molecule has 0 aromatic rings. The van der Waals surface area contributed by atoms with Crippen molar-refractivity contribution in [2.75, 3.05) is 13.6 Å². The topological polar surface area (TPSA) is 74.2 Å². The number of nitrogens with zero attached hydrogens (tertiary/aromatic N) is 3. The van der Waals surface area contributed by atoms with Crippen molar-refractivity contribution in [2.24, 2.45) is 15.7 Å². The van der Waals surface area contributed by atoms with Crippen LogP contribution >= 0.6 is 0 Å². The van der Waals surface area contributed by atoms with E-state index in [9.17, 15) is 0 Å². The number of hydrogen-bond donors (Lipinski definition) is 2. The van der Waals surface area contributed by atoms with Crippen LogP contribution in [0, 0.1) is 0 Å². The molecule has 0 aromatic heterocycles. The van der Waals surface area contributed by atoms with Gasteiger partial charge in [-0.3, -0.25) is 9.89 Å². The third-order valence-corrected chi connectivity index (χ3v) is 1.32. The molecule has 0 radical (unpaired) electrons. The van der Waals surface area contributed by atoms with Gasteiger partial charge < -0.3 is 10.8 Å². The van der Waals surface area contributed by atoms with E-state index in [1.807, 2.05) is 0 Å². The Hall–Kier alpha value is -1.52.